The van der Waals surface area contributed by atoms with E-state index < -0.39 is 0 Å². The lowest BCUT2D eigenvalue weighted by molar-refractivity contribution is 0.813. The molecule has 0 amide bonds. The smallest absolute Gasteiger partial charge is 0.223 e. The van der Waals surface area contributed by atoms with Gasteiger partial charge in [-0.2, -0.15) is 4.98 Å². The van der Waals surface area contributed by atoms with Crippen LogP contribution in [0.4, 0.5) is 5.95 Å². The number of hydrogen-bond donors (Lipinski definition) is 1. The summed E-state index contributed by atoms with van der Waals surface area (Å²) in [4.78, 5) is 12.9. The lowest BCUT2D eigenvalue weighted by atomic mass is 10.2. The quantitative estimate of drug-likeness (QED) is 0.584. The molecule has 0 fully saturated rings. The van der Waals surface area contributed by atoms with E-state index in [9.17, 15) is 0 Å². The van der Waals surface area contributed by atoms with Crippen molar-refractivity contribution in [1.82, 2.24) is 19.5 Å². The highest BCUT2D eigenvalue weighted by atomic mass is 32.2. The summed E-state index contributed by atoms with van der Waals surface area (Å²) < 4.78 is 1.99. The van der Waals surface area contributed by atoms with Crippen molar-refractivity contribution in [2.75, 3.05) is 12.0 Å². The van der Waals surface area contributed by atoms with Crippen LogP contribution in [0.2, 0.25) is 0 Å². The Bertz CT molecular complexity index is 708. The third-order valence-electron chi connectivity index (χ3n) is 2.84. The summed E-state index contributed by atoms with van der Waals surface area (Å²) in [5, 5.41) is 0.814. The number of benzene rings is 1. The Morgan fingerprint density at radius 1 is 1.21 bits per heavy atom. The molecule has 0 spiro atoms. The number of thioether (sulfide) groups is 1. The molecular weight excluding hydrogens is 258 g/mol. The summed E-state index contributed by atoms with van der Waals surface area (Å²) in [5.41, 5.74) is 8.53. The van der Waals surface area contributed by atoms with Crippen LogP contribution in [-0.2, 0) is 6.54 Å². The van der Waals surface area contributed by atoms with Crippen LogP contribution in [0.15, 0.2) is 41.7 Å². The number of aromatic nitrogens is 4. The zero-order valence-electron chi connectivity index (χ0n) is 10.4. The van der Waals surface area contributed by atoms with Gasteiger partial charge in [-0.25, -0.2) is 9.97 Å². The third kappa shape index (κ3) is 2.26. The number of hydrogen-bond acceptors (Lipinski definition) is 5. The average molecular weight is 271 g/mol. The van der Waals surface area contributed by atoms with Crippen molar-refractivity contribution in [1.29, 1.82) is 0 Å². The van der Waals surface area contributed by atoms with E-state index in [2.05, 4.69) is 27.1 Å². The van der Waals surface area contributed by atoms with Gasteiger partial charge in [0.05, 0.1) is 12.9 Å². The van der Waals surface area contributed by atoms with Crippen molar-refractivity contribution in [3.63, 3.8) is 0 Å². The monoisotopic (exact) mass is 271 g/mol. The summed E-state index contributed by atoms with van der Waals surface area (Å²) in [5.74, 6) is 0.284. The van der Waals surface area contributed by atoms with Crippen molar-refractivity contribution in [2.24, 2.45) is 0 Å². The van der Waals surface area contributed by atoms with Gasteiger partial charge in [0.25, 0.3) is 0 Å². The summed E-state index contributed by atoms with van der Waals surface area (Å²) in [6, 6.07) is 10.2. The first-order chi connectivity index (χ1) is 9.28. The van der Waals surface area contributed by atoms with Gasteiger partial charge in [-0.1, -0.05) is 30.3 Å². The molecule has 0 saturated heterocycles. The van der Waals surface area contributed by atoms with Crippen molar-refractivity contribution in [3.8, 4) is 0 Å². The molecule has 5 nitrogen and oxygen atoms in total. The third-order valence-corrected chi connectivity index (χ3v) is 3.51. The van der Waals surface area contributed by atoms with Crippen molar-refractivity contribution in [2.45, 2.75) is 11.6 Å². The average Bonchev–Trinajstić information content (AvgIpc) is 2.82. The zero-order chi connectivity index (χ0) is 13.2. The molecule has 19 heavy (non-hydrogen) atoms. The highest BCUT2D eigenvalue weighted by molar-refractivity contribution is 7.98. The molecular formula is C13H13N5S. The van der Waals surface area contributed by atoms with E-state index >= 15 is 0 Å². The first kappa shape index (κ1) is 12.0. The van der Waals surface area contributed by atoms with Gasteiger partial charge in [-0.05, 0) is 11.8 Å². The predicted molar refractivity (Wildman–Crippen MR) is 77.1 cm³/mol. The number of rotatable bonds is 3. The van der Waals surface area contributed by atoms with Crippen LogP contribution in [0.1, 0.15) is 5.56 Å². The summed E-state index contributed by atoms with van der Waals surface area (Å²) in [6.07, 6.45) is 3.74. The molecule has 2 aromatic heterocycles. The topological polar surface area (TPSA) is 69.6 Å². The molecule has 0 aliphatic heterocycles. The fourth-order valence-corrected chi connectivity index (χ4v) is 2.49. The molecule has 0 radical (unpaired) electrons. The fourth-order valence-electron chi connectivity index (χ4n) is 1.97. The number of nitrogens with zero attached hydrogens (tertiary/aromatic N) is 4. The lowest BCUT2D eigenvalue weighted by Crippen LogP contribution is -2.02. The summed E-state index contributed by atoms with van der Waals surface area (Å²) in [6.45, 7) is 0.724. The van der Waals surface area contributed by atoms with Gasteiger partial charge in [0.1, 0.15) is 10.5 Å². The van der Waals surface area contributed by atoms with E-state index in [0.717, 1.165) is 22.7 Å². The van der Waals surface area contributed by atoms with E-state index in [4.69, 9.17) is 5.73 Å². The molecule has 96 valence electrons. The van der Waals surface area contributed by atoms with E-state index in [1.165, 1.54) is 17.3 Å². The molecule has 2 N–H and O–H groups in total. The van der Waals surface area contributed by atoms with Crippen LogP contribution in [0.5, 0.6) is 0 Å². The lowest BCUT2D eigenvalue weighted by Gasteiger charge is -2.05. The second-order valence-electron chi connectivity index (χ2n) is 4.12. The minimum absolute atomic E-state index is 0.284. The second-order valence-corrected chi connectivity index (χ2v) is 4.92. The van der Waals surface area contributed by atoms with E-state index in [0.29, 0.717) is 0 Å². The normalized spacial score (nSPS) is 11.0. The molecule has 3 rings (SSSR count). The number of fused-ring (bicyclic) bond motifs is 1. The van der Waals surface area contributed by atoms with Gasteiger partial charge in [0.2, 0.25) is 5.95 Å². The van der Waals surface area contributed by atoms with E-state index in [-0.39, 0.29) is 5.95 Å². The van der Waals surface area contributed by atoms with Gasteiger partial charge < -0.3 is 10.3 Å². The maximum absolute atomic E-state index is 5.75. The summed E-state index contributed by atoms with van der Waals surface area (Å²) >= 11 is 1.53. The number of nitrogen functional groups attached to an aromatic ring is 1. The molecule has 0 atom stereocenters. The Morgan fingerprint density at radius 2 is 2.00 bits per heavy atom. The Balaban J connectivity index is 2.08. The first-order valence-corrected chi connectivity index (χ1v) is 7.06. The van der Waals surface area contributed by atoms with Crippen LogP contribution in [-0.4, -0.2) is 25.8 Å². The zero-order valence-corrected chi connectivity index (χ0v) is 11.3. The molecule has 3 aromatic rings. The molecule has 0 aliphatic rings. The maximum Gasteiger partial charge on any atom is 0.223 e. The molecule has 0 saturated carbocycles. The number of imidazole rings is 1. The van der Waals surface area contributed by atoms with Crippen LogP contribution in [0, 0.1) is 0 Å². The minimum atomic E-state index is 0.284. The second kappa shape index (κ2) is 4.89. The van der Waals surface area contributed by atoms with Gasteiger partial charge in [-0.15, -0.1) is 11.8 Å². The Morgan fingerprint density at radius 3 is 2.74 bits per heavy atom. The molecule has 0 aliphatic carbocycles. The highest BCUT2D eigenvalue weighted by Gasteiger charge is 2.11. The van der Waals surface area contributed by atoms with Crippen LogP contribution in [0.25, 0.3) is 11.2 Å². The van der Waals surface area contributed by atoms with Gasteiger partial charge in [0.15, 0.2) is 5.65 Å². The molecule has 6 heteroatoms. The molecule has 0 unspecified atom stereocenters. The van der Waals surface area contributed by atoms with Crippen LogP contribution in [0.3, 0.4) is 0 Å². The van der Waals surface area contributed by atoms with Crippen molar-refractivity contribution < 1.29 is 0 Å². The number of nitrogens with two attached hydrogens (primary N) is 1. The fraction of sp³-hybridized carbons (Fsp3) is 0.154. The van der Waals surface area contributed by atoms with Crippen LogP contribution < -0.4 is 5.73 Å². The maximum atomic E-state index is 5.75. The van der Waals surface area contributed by atoms with Crippen molar-refractivity contribution >= 4 is 28.9 Å². The van der Waals surface area contributed by atoms with Crippen LogP contribution >= 0.6 is 11.8 Å². The minimum Gasteiger partial charge on any atom is -0.368 e. The molecule has 1 aromatic carbocycles. The summed E-state index contributed by atoms with van der Waals surface area (Å²) in [7, 11) is 0. The Labute approximate surface area is 114 Å². The standard InChI is InChI=1S/C13H13N5S/c1-19-12-10-11(16-13(14)17-12)18(8-15-10)7-9-5-3-2-4-6-9/h2-6,8H,7H2,1H3,(H2,14,16,17). The first-order valence-electron chi connectivity index (χ1n) is 5.84. The van der Waals surface area contributed by atoms with Gasteiger partial charge >= 0.3 is 0 Å². The SMILES string of the molecule is CSc1nc(N)nc2c1ncn2Cc1ccccc1. The van der Waals surface area contributed by atoms with Crippen molar-refractivity contribution in [3.05, 3.63) is 42.2 Å². The molecule has 0 bridgehead atoms. The number of anilines is 1. The molecule has 2 heterocycles. The van der Waals surface area contributed by atoms with Gasteiger partial charge in [-0.3, -0.25) is 0 Å². The van der Waals surface area contributed by atoms with E-state index in [1.54, 1.807) is 6.33 Å². The Kier molecular flexibility index (Phi) is 3.08. The van der Waals surface area contributed by atoms with E-state index in [1.807, 2.05) is 29.0 Å². The Hall–Kier alpha value is -2.08. The van der Waals surface area contributed by atoms with Gasteiger partial charge in [0, 0.05) is 0 Å². The predicted octanol–water partition coefficient (Wildman–Crippen LogP) is 2.18. The highest BCUT2D eigenvalue weighted by Crippen LogP contribution is 2.23. The largest absolute Gasteiger partial charge is 0.368 e.